The van der Waals surface area contributed by atoms with Crippen LogP contribution >= 0.6 is 11.8 Å². The van der Waals surface area contributed by atoms with Gasteiger partial charge in [0.15, 0.2) is 0 Å². The van der Waals surface area contributed by atoms with Crippen LogP contribution in [0.15, 0.2) is 35.2 Å². The summed E-state index contributed by atoms with van der Waals surface area (Å²) in [5.41, 5.74) is 5.83. The molecule has 27 heavy (non-hydrogen) atoms. The Kier molecular flexibility index (Phi) is 5.33. The molecule has 0 spiro atoms. The Hall–Kier alpha value is -2.27. The highest BCUT2D eigenvalue weighted by molar-refractivity contribution is 8.18. The summed E-state index contributed by atoms with van der Waals surface area (Å²) in [6.07, 6.45) is 1.80. The monoisotopic (exact) mass is 382 g/mol. The Morgan fingerprint density at radius 1 is 0.926 bits per heavy atom. The Bertz CT molecular complexity index is 912. The van der Waals surface area contributed by atoms with Gasteiger partial charge in [0.05, 0.1) is 4.91 Å². The molecule has 1 aromatic carbocycles. The number of likely N-dealkylation sites (N-methyl/N-ethyl adjacent to an activating group) is 1. The highest BCUT2D eigenvalue weighted by Gasteiger charge is 2.32. The van der Waals surface area contributed by atoms with Crippen molar-refractivity contribution >= 4 is 29.0 Å². The van der Waals surface area contributed by atoms with Crippen LogP contribution in [0.1, 0.15) is 56.4 Å². The molecule has 0 aliphatic carbocycles. The SMILES string of the molecule is CC(C)c1cc(-c2ccc(/C=C3/SC(=O)N(C)C3=O)n2C)cc(C(C)C)c1. The molecule has 0 bridgehead atoms. The number of carbonyl (C=O) groups is 2. The zero-order valence-corrected chi connectivity index (χ0v) is 17.6. The maximum absolute atomic E-state index is 12.2. The minimum absolute atomic E-state index is 0.230. The number of benzene rings is 1. The van der Waals surface area contributed by atoms with Crippen molar-refractivity contribution in [2.75, 3.05) is 7.05 Å². The largest absolute Gasteiger partial charge is 0.344 e. The average Bonchev–Trinajstić information content (AvgIpc) is 3.10. The highest BCUT2D eigenvalue weighted by Crippen LogP contribution is 2.33. The zero-order chi connectivity index (χ0) is 19.9. The van der Waals surface area contributed by atoms with Crippen molar-refractivity contribution in [1.29, 1.82) is 0 Å². The summed E-state index contributed by atoms with van der Waals surface area (Å²) in [6, 6.07) is 10.9. The second kappa shape index (κ2) is 7.39. The minimum Gasteiger partial charge on any atom is -0.344 e. The number of thioether (sulfide) groups is 1. The van der Waals surface area contributed by atoms with Crippen LogP contribution in [0.2, 0.25) is 0 Å². The van der Waals surface area contributed by atoms with E-state index in [0.717, 1.165) is 28.0 Å². The molecule has 142 valence electrons. The molecule has 1 aliphatic heterocycles. The third kappa shape index (κ3) is 3.74. The van der Waals surface area contributed by atoms with Gasteiger partial charge >= 0.3 is 0 Å². The van der Waals surface area contributed by atoms with E-state index in [9.17, 15) is 9.59 Å². The predicted molar refractivity (Wildman–Crippen MR) is 113 cm³/mol. The molecular formula is C22H26N2O2S. The van der Waals surface area contributed by atoms with Gasteiger partial charge in [-0.2, -0.15) is 0 Å². The lowest BCUT2D eigenvalue weighted by Gasteiger charge is -2.15. The first kappa shape index (κ1) is 19.5. The van der Waals surface area contributed by atoms with Crippen LogP contribution in [0.5, 0.6) is 0 Å². The van der Waals surface area contributed by atoms with Crippen LogP contribution in [-0.4, -0.2) is 27.7 Å². The molecule has 4 nitrogen and oxygen atoms in total. The summed E-state index contributed by atoms with van der Waals surface area (Å²) in [5, 5.41) is -0.230. The number of hydrogen-bond donors (Lipinski definition) is 0. The summed E-state index contributed by atoms with van der Waals surface area (Å²) in [4.78, 5) is 25.5. The van der Waals surface area contributed by atoms with Crippen LogP contribution in [0.25, 0.3) is 17.3 Å². The lowest BCUT2D eigenvalue weighted by atomic mass is 9.92. The van der Waals surface area contributed by atoms with Gasteiger partial charge in [0.25, 0.3) is 11.1 Å². The fourth-order valence-electron chi connectivity index (χ4n) is 3.13. The van der Waals surface area contributed by atoms with Crippen LogP contribution in [0, 0.1) is 0 Å². The van der Waals surface area contributed by atoms with Crippen LogP contribution < -0.4 is 0 Å². The standard InChI is InChI=1S/C22H26N2O2S/c1-13(2)15-9-16(14(3)4)11-17(10-15)19-8-7-18(23(19)5)12-20-21(25)24(6)22(26)27-20/h7-14H,1-6H3/b20-12+. The molecule has 2 aromatic rings. The Morgan fingerprint density at radius 3 is 2.00 bits per heavy atom. The van der Waals surface area contributed by atoms with Crippen molar-refractivity contribution in [3.63, 3.8) is 0 Å². The fraction of sp³-hybridized carbons (Fsp3) is 0.364. The van der Waals surface area contributed by atoms with Gasteiger partial charge in [-0.05, 0) is 70.6 Å². The molecular weight excluding hydrogens is 356 g/mol. The maximum atomic E-state index is 12.2. The Morgan fingerprint density at radius 2 is 1.52 bits per heavy atom. The molecule has 0 N–H and O–H groups in total. The summed E-state index contributed by atoms with van der Waals surface area (Å²) in [5.74, 6) is 0.674. The van der Waals surface area contributed by atoms with Crippen molar-refractivity contribution in [2.24, 2.45) is 7.05 Å². The number of carbonyl (C=O) groups excluding carboxylic acids is 2. The number of nitrogens with zero attached hydrogens (tertiary/aromatic N) is 2. The molecule has 2 amide bonds. The predicted octanol–water partition coefficient (Wildman–Crippen LogP) is 5.61. The van der Waals surface area contributed by atoms with E-state index in [4.69, 9.17) is 0 Å². The number of hydrogen-bond acceptors (Lipinski definition) is 3. The highest BCUT2D eigenvalue weighted by atomic mass is 32.2. The van der Waals surface area contributed by atoms with Crippen molar-refractivity contribution in [3.8, 4) is 11.3 Å². The third-order valence-corrected chi connectivity index (χ3v) is 5.99. The van der Waals surface area contributed by atoms with E-state index in [1.54, 1.807) is 6.08 Å². The number of amides is 2. The Balaban J connectivity index is 2.03. The van der Waals surface area contributed by atoms with Gasteiger partial charge in [0.2, 0.25) is 0 Å². The van der Waals surface area contributed by atoms with Crippen LogP contribution in [0.3, 0.4) is 0 Å². The van der Waals surface area contributed by atoms with Crippen LogP contribution in [0.4, 0.5) is 4.79 Å². The van der Waals surface area contributed by atoms with Gasteiger partial charge in [-0.15, -0.1) is 0 Å². The smallest absolute Gasteiger partial charge is 0.293 e. The summed E-state index contributed by atoms with van der Waals surface area (Å²) < 4.78 is 2.08. The third-order valence-electron chi connectivity index (χ3n) is 5.03. The molecule has 2 heterocycles. The van der Waals surface area contributed by atoms with E-state index in [2.05, 4.69) is 56.5 Å². The van der Waals surface area contributed by atoms with Gasteiger partial charge in [-0.1, -0.05) is 33.8 Å². The minimum atomic E-state index is -0.239. The maximum Gasteiger partial charge on any atom is 0.293 e. The normalized spacial score (nSPS) is 16.4. The lowest BCUT2D eigenvalue weighted by Crippen LogP contribution is -2.22. The quantitative estimate of drug-likeness (QED) is 0.646. The van der Waals surface area contributed by atoms with Crippen molar-refractivity contribution in [2.45, 2.75) is 39.5 Å². The second-order valence-corrected chi connectivity index (χ2v) is 8.63. The number of imide groups is 1. The molecule has 0 unspecified atom stereocenters. The lowest BCUT2D eigenvalue weighted by molar-refractivity contribution is -0.121. The second-order valence-electron chi connectivity index (χ2n) is 7.64. The number of aromatic nitrogens is 1. The molecule has 0 saturated carbocycles. The first-order valence-corrected chi connectivity index (χ1v) is 10.0. The van der Waals surface area contributed by atoms with Crippen LogP contribution in [-0.2, 0) is 11.8 Å². The van der Waals surface area contributed by atoms with Crippen molar-refractivity contribution in [1.82, 2.24) is 9.47 Å². The zero-order valence-electron chi connectivity index (χ0n) is 16.7. The van der Waals surface area contributed by atoms with Gasteiger partial charge < -0.3 is 4.57 Å². The first-order valence-electron chi connectivity index (χ1n) is 9.21. The van der Waals surface area contributed by atoms with E-state index in [-0.39, 0.29) is 11.1 Å². The van der Waals surface area contributed by atoms with Gasteiger partial charge in [-0.3, -0.25) is 14.5 Å². The van der Waals surface area contributed by atoms with Gasteiger partial charge in [-0.25, -0.2) is 0 Å². The molecule has 0 atom stereocenters. The summed E-state index contributed by atoms with van der Waals surface area (Å²) >= 11 is 0.988. The topological polar surface area (TPSA) is 42.3 Å². The van der Waals surface area contributed by atoms with E-state index in [0.29, 0.717) is 16.7 Å². The van der Waals surface area contributed by atoms with Crippen molar-refractivity contribution in [3.05, 3.63) is 52.1 Å². The molecule has 1 fully saturated rings. The molecule has 1 saturated heterocycles. The first-order chi connectivity index (χ1) is 12.7. The molecule has 0 radical (unpaired) electrons. The van der Waals surface area contributed by atoms with Gasteiger partial charge in [0.1, 0.15) is 0 Å². The molecule has 1 aromatic heterocycles. The van der Waals surface area contributed by atoms with E-state index in [1.165, 1.54) is 23.7 Å². The van der Waals surface area contributed by atoms with E-state index in [1.807, 2.05) is 13.1 Å². The molecule has 1 aliphatic rings. The fourth-order valence-corrected chi connectivity index (χ4v) is 3.94. The van der Waals surface area contributed by atoms with E-state index < -0.39 is 0 Å². The van der Waals surface area contributed by atoms with E-state index >= 15 is 0 Å². The van der Waals surface area contributed by atoms with Gasteiger partial charge in [0, 0.05) is 25.5 Å². The molecule has 3 rings (SSSR count). The summed E-state index contributed by atoms with van der Waals surface area (Å²) in [6.45, 7) is 8.84. The summed E-state index contributed by atoms with van der Waals surface area (Å²) in [7, 11) is 3.51. The number of rotatable bonds is 4. The van der Waals surface area contributed by atoms with Crippen molar-refractivity contribution < 1.29 is 9.59 Å². The average molecular weight is 383 g/mol. The molecule has 5 heteroatoms. The Labute approximate surface area is 165 Å².